The van der Waals surface area contributed by atoms with E-state index in [0.717, 1.165) is 42.2 Å². The van der Waals surface area contributed by atoms with E-state index in [4.69, 9.17) is 4.52 Å². The fourth-order valence-electron chi connectivity index (χ4n) is 3.27. The molecule has 1 aliphatic rings. The van der Waals surface area contributed by atoms with Gasteiger partial charge in [-0.2, -0.15) is 4.98 Å². The second-order valence-electron chi connectivity index (χ2n) is 6.33. The SMILES string of the molecule is Cc1noc(-c2ccnc(N3CCC(C(O)c4cccs4)CC3)c2)n1. The molecule has 0 aromatic carbocycles. The number of aliphatic hydroxyl groups is 1. The van der Waals surface area contributed by atoms with Gasteiger partial charge in [-0.05, 0) is 49.3 Å². The number of aliphatic hydroxyl groups excluding tert-OH is 1. The summed E-state index contributed by atoms with van der Waals surface area (Å²) >= 11 is 1.62. The van der Waals surface area contributed by atoms with E-state index in [9.17, 15) is 5.11 Å². The first kappa shape index (κ1) is 16.2. The van der Waals surface area contributed by atoms with Crippen LogP contribution in [0.2, 0.25) is 0 Å². The van der Waals surface area contributed by atoms with Gasteiger partial charge in [0.2, 0.25) is 0 Å². The number of nitrogens with zero attached hydrogens (tertiary/aromatic N) is 4. The summed E-state index contributed by atoms with van der Waals surface area (Å²) < 4.78 is 5.24. The van der Waals surface area contributed by atoms with Crippen LogP contribution in [-0.4, -0.2) is 33.3 Å². The highest BCUT2D eigenvalue weighted by Gasteiger charge is 2.27. The van der Waals surface area contributed by atoms with E-state index < -0.39 is 0 Å². The molecule has 6 nitrogen and oxygen atoms in total. The molecule has 1 unspecified atom stereocenters. The second-order valence-corrected chi connectivity index (χ2v) is 7.31. The molecule has 0 radical (unpaired) electrons. The van der Waals surface area contributed by atoms with E-state index >= 15 is 0 Å². The quantitative estimate of drug-likeness (QED) is 0.772. The van der Waals surface area contributed by atoms with Gasteiger partial charge in [0.05, 0.1) is 6.10 Å². The van der Waals surface area contributed by atoms with Crippen molar-refractivity contribution in [1.29, 1.82) is 0 Å². The minimum Gasteiger partial charge on any atom is -0.387 e. The summed E-state index contributed by atoms with van der Waals surface area (Å²) in [5.41, 5.74) is 0.881. The van der Waals surface area contributed by atoms with Crippen molar-refractivity contribution in [3.05, 3.63) is 46.5 Å². The minimum absolute atomic E-state index is 0.302. The normalized spacial score (nSPS) is 17.0. The van der Waals surface area contributed by atoms with Crippen molar-refractivity contribution in [1.82, 2.24) is 15.1 Å². The van der Waals surface area contributed by atoms with Crippen molar-refractivity contribution < 1.29 is 9.63 Å². The number of piperidine rings is 1. The molecular weight excluding hydrogens is 336 g/mol. The number of anilines is 1. The molecule has 1 saturated heterocycles. The third kappa shape index (κ3) is 3.43. The highest BCUT2D eigenvalue weighted by Crippen LogP contribution is 2.34. The van der Waals surface area contributed by atoms with Crippen molar-refractivity contribution in [2.75, 3.05) is 18.0 Å². The Balaban J connectivity index is 1.44. The Hall–Kier alpha value is -2.25. The maximum atomic E-state index is 10.5. The number of aryl methyl sites for hydroxylation is 1. The average molecular weight is 356 g/mol. The Morgan fingerprint density at radius 3 is 2.84 bits per heavy atom. The summed E-state index contributed by atoms with van der Waals surface area (Å²) in [5, 5.41) is 16.4. The topological polar surface area (TPSA) is 75.3 Å². The molecule has 4 heterocycles. The summed E-state index contributed by atoms with van der Waals surface area (Å²) in [7, 11) is 0. The van der Waals surface area contributed by atoms with Crippen LogP contribution in [0.5, 0.6) is 0 Å². The molecule has 3 aromatic heterocycles. The summed E-state index contributed by atoms with van der Waals surface area (Å²) in [6.45, 7) is 3.57. The van der Waals surface area contributed by atoms with Crippen LogP contribution in [0.1, 0.15) is 29.6 Å². The first-order valence-electron chi connectivity index (χ1n) is 8.44. The number of hydrogen-bond donors (Lipinski definition) is 1. The van der Waals surface area contributed by atoms with Crippen LogP contribution in [0.3, 0.4) is 0 Å². The van der Waals surface area contributed by atoms with Crippen LogP contribution in [0.15, 0.2) is 40.4 Å². The molecule has 1 aliphatic heterocycles. The molecule has 25 heavy (non-hydrogen) atoms. The van der Waals surface area contributed by atoms with Crippen LogP contribution in [-0.2, 0) is 0 Å². The molecule has 1 atom stereocenters. The van der Waals surface area contributed by atoms with Crippen LogP contribution in [0.4, 0.5) is 5.82 Å². The average Bonchev–Trinajstić information content (AvgIpc) is 3.33. The Bertz CT molecular complexity index is 825. The lowest BCUT2D eigenvalue weighted by Crippen LogP contribution is -2.36. The molecule has 7 heteroatoms. The Morgan fingerprint density at radius 2 is 2.16 bits per heavy atom. The van der Waals surface area contributed by atoms with E-state index in [2.05, 4.69) is 20.0 Å². The Kier molecular flexibility index (Phi) is 4.50. The number of rotatable bonds is 4. The van der Waals surface area contributed by atoms with Gasteiger partial charge in [0.25, 0.3) is 5.89 Å². The molecule has 0 bridgehead atoms. The van der Waals surface area contributed by atoms with E-state index in [1.807, 2.05) is 29.6 Å². The zero-order valence-electron chi connectivity index (χ0n) is 14.0. The van der Waals surface area contributed by atoms with E-state index in [1.165, 1.54) is 0 Å². The number of hydrogen-bond acceptors (Lipinski definition) is 7. The lowest BCUT2D eigenvalue weighted by molar-refractivity contribution is 0.0961. The highest BCUT2D eigenvalue weighted by molar-refractivity contribution is 7.10. The van der Waals surface area contributed by atoms with Crippen molar-refractivity contribution in [2.45, 2.75) is 25.9 Å². The van der Waals surface area contributed by atoms with Crippen molar-refractivity contribution in [2.24, 2.45) is 5.92 Å². The van der Waals surface area contributed by atoms with Crippen LogP contribution in [0, 0.1) is 12.8 Å². The number of thiophene rings is 1. The predicted molar refractivity (Wildman–Crippen MR) is 96.5 cm³/mol. The molecule has 1 fully saturated rings. The third-order valence-electron chi connectivity index (χ3n) is 4.66. The Labute approximate surface area is 150 Å². The first-order valence-corrected chi connectivity index (χ1v) is 9.32. The van der Waals surface area contributed by atoms with Crippen molar-refractivity contribution >= 4 is 17.2 Å². The molecule has 0 aliphatic carbocycles. The third-order valence-corrected chi connectivity index (χ3v) is 5.61. The van der Waals surface area contributed by atoms with Gasteiger partial charge in [0, 0.05) is 29.7 Å². The summed E-state index contributed by atoms with van der Waals surface area (Å²) in [6, 6.07) is 7.87. The van der Waals surface area contributed by atoms with E-state index in [-0.39, 0.29) is 6.10 Å². The van der Waals surface area contributed by atoms with E-state index in [1.54, 1.807) is 24.5 Å². The van der Waals surface area contributed by atoms with Gasteiger partial charge in [-0.15, -0.1) is 11.3 Å². The van der Waals surface area contributed by atoms with Gasteiger partial charge in [0.1, 0.15) is 5.82 Å². The summed E-state index contributed by atoms with van der Waals surface area (Å²) in [5.74, 6) is 2.36. The maximum Gasteiger partial charge on any atom is 0.258 e. The molecule has 4 rings (SSSR count). The van der Waals surface area contributed by atoms with E-state index in [0.29, 0.717) is 17.6 Å². The molecule has 3 aromatic rings. The fourth-order valence-corrected chi connectivity index (χ4v) is 4.08. The lowest BCUT2D eigenvalue weighted by Gasteiger charge is -2.34. The zero-order chi connectivity index (χ0) is 17.2. The second kappa shape index (κ2) is 6.93. The summed E-state index contributed by atoms with van der Waals surface area (Å²) in [4.78, 5) is 12.1. The summed E-state index contributed by atoms with van der Waals surface area (Å²) in [6.07, 6.45) is 3.31. The molecule has 0 spiro atoms. The highest BCUT2D eigenvalue weighted by atomic mass is 32.1. The van der Waals surface area contributed by atoms with Crippen LogP contribution >= 0.6 is 11.3 Å². The monoisotopic (exact) mass is 356 g/mol. The van der Waals surface area contributed by atoms with Gasteiger partial charge in [-0.3, -0.25) is 0 Å². The smallest absolute Gasteiger partial charge is 0.258 e. The van der Waals surface area contributed by atoms with Crippen LogP contribution in [0.25, 0.3) is 11.5 Å². The standard InChI is InChI=1S/C18H20N4O2S/c1-12-20-18(24-21-12)14-4-7-19-16(11-14)22-8-5-13(6-9-22)17(23)15-3-2-10-25-15/h2-4,7,10-11,13,17,23H,5-6,8-9H2,1H3. The minimum atomic E-state index is -0.359. The van der Waals surface area contributed by atoms with Gasteiger partial charge in [-0.1, -0.05) is 11.2 Å². The predicted octanol–water partition coefficient (Wildman–Crippen LogP) is 3.45. The van der Waals surface area contributed by atoms with Gasteiger partial charge >= 0.3 is 0 Å². The fraction of sp³-hybridized carbons (Fsp3) is 0.389. The number of pyridine rings is 1. The van der Waals surface area contributed by atoms with Crippen LogP contribution < -0.4 is 4.90 Å². The lowest BCUT2D eigenvalue weighted by atomic mass is 9.90. The maximum absolute atomic E-state index is 10.5. The van der Waals surface area contributed by atoms with Gasteiger partial charge in [0.15, 0.2) is 5.82 Å². The van der Waals surface area contributed by atoms with Gasteiger partial charge < -0.3 is 14.5 Å². The molecule has 0 amide bonds. The first-order chi connectivity index (χ1) is 12.2. The molecule has 1 N–H and O–H groups in total. The number of aromatic nitrogens is 3. The molecular formula is C18H20N4O2S. The zero-order valence-corrected chi connectivity index (χ0v) is 14.8. The van der Waals surface area contributed by atoms with Crippen molar-refractivity contribution in [3.63, 3.8) is 0 Å². The molecule has 0 saturated carbocycles. The largest absolute Gasteiger partial charge is 0.387 e. The van der Waals surface area contributed by atoms with Crippen molar-refractivity contribution in [3.8, 4) is 11.5 Å². The molecule has 130 valence electrons. The Morgan fingerprint density at radius 1 is 1.32 bits per heavy atom. The van der Waals surface area contributed by atoms with Gasteiger partial charge in [-0.25, -0.2) is 4.98 Å².